The molecule has 128 valence electrons. The molecule has 1 amide bonds. The Kier molecular flexibility index (Phi) is 5.61. The van der Waals surface area contributed by atoms with Gasteiger partial charge in [-0.15, -0.1) is 0 Å². The Hall–Kier alpha value is -2.18. The lowest BCUT2D eigenvalue weighted by molar-refractivity contribution is -0.122. The largest absolute Gasteiger partial charge is 0.467 e. The number of carbonyl (C=O) groups is 1. The van der Waals surface area contributed by atoms with Crippen molar-refractivity contribution in [2.75, 3.05) is 32.7 Å². The van der Waals surface area contributed by atoms with E-state index in [0.29, 0.717) is 13.1 Å². The first-order chi connectivity index (χ1) is 11.7. The standard InChI is InChI=1S/C18H24N4O2/c1-15-16(4-2-6-19-15)13-21-7-9-22(10-8-21)14-18(23)20-12-17-5-3-11-24-17/h2-6,11H,7-10,12-14H2,1H3,(H,20,23). The van der Waals surface area contributed by atoms with Crippen LogP contribution in [0.2, 0.25) is 0 Å². The van der Waals surface area contributed by atoms with Gasteiger partial charge in [-0.2, -0.15) is 0 Å². The number of pyridine rings is 1. The molecule has 0 aliphatic carbocycles. The molecule has 24 heavy (non-hydrogen) atoms. The maximum Gasteiger partial charge on any atom is 0.234 e. The molecule has 0 spiro atoms. The van der Waals surface area contributed by atoms with Crippen LogP contribution in [-0.4, -0.2) is 53.4 Å². The van der Waals surface area contributed by atoms with E-state index in [1.165, 1.54) is 5.56 Å². The zero-order valence-electron chi connectivity index (χ0n) is 14.1. The van der Waals surface area contributed by atoms with E-state index in [4.69, 9.17) is 4.42 Å². The van der Waals surface area contributed by atoms with Crippen molar-refractivity contribution in [3.63, 3.8) is 0 Å². The van der Waals surface area contributed by atoms with Gasteiger partial charge in [-0.05, 0) is 30.7 Å². The van der Waals surface area contributed by atoms with Crippen molar-refractivity contribution < 1.29 is 9.21 Å². The van der Waals surface area contributed by atoms with Crippen molar-refractivity contribution in [3.8, 4) is 0 Å². The highest BCUT2D eigenvalue weighted by Gasteiger charge is 2.19. The van der Waals surface area contributed by atoms with E-state index < -0.39 is 0 Å². The minimum Gasteiger partial charge on any atom is -0.467 e. The first-order valence-electron chi connectivity index (χ1n) is 8.35. The van der Waals surface area contributed by atoms with Crippen LogP contribution in [0.4, 0.5) is 0 Å². The summed E-state index contributed by atoms with van der Waals surface area (Å²) < 4.78 is 5.21. The molecule has 0 aromatic carbocycles. The fourth-order valence-electron chi connectivity index (χ4n) is 2.89. The highest BCUT2D eigenvalue weighted by molar-refractivity contribution is 5.77. The zero-order chi connectivity index (χ0) is 16.8. The Morgan fingerprint density at radius 3 is 2.71 bits per heavy atom. The molecule has 0 saturated carbocycles. The van der Waals surface area contributed by atoms with Gasteiger partial charge in [0.25, 0.3) is 0 Å². The van der Waals surface area contributed by atoms with Crippen LogP contribution < -0.4 is 5.32 Å². The molecule has 1 saturated heterocycles. The third-order valence-electron chi connectivity index (χ3n) is 4.38. The van der Waals surface area contributed by atoms with Crippen LogP contribution >= 0.6 is 0 Å². The summed E-state index contributed by atoms with van der Waals surface area (Å²) >= 11 is 0. The van der Waals surface area contributed by atoms with E-state index in [-0.39, 0.29) is 5.91 Å². The molecular weight excluding hydrogens is 304 g/mol. The number of hydrogen-bond acceptors (Lipinski definition) is 5. The average Bonchev–Trinajstić information content (AvgIpc) is 3.10. The Morgan fingerprint density at radius 1 is 1.21 bits per heavy atom. The molecule has 2 aromatic rings. The molecule has 0 radical (unpaired) electrons. The Labute approximate surface area is 142 Å². The van der Waals surface area contributed by atoms with Gasteiger partial charge in [0.15, 0.2) is 0 Å². The second kappa shape index (κ2) is 8.08. The quantitative estimate of drug-likeness (QED) is 0.869. The topological polar surface area (TPSA) is 61.6 Å². The number of carbonyl (C=O) groups excluding carboxylic acids is 1. The molecule has 1 aliphatic heterocycles. The lowest BCUT2D eigenvalue weighted by Gasteiger charge is -2.34. The number of nitrogens with one attached hydrogen (secondary N) is 1. The van der Waals surface area contributed by atoms with Crippen LogP contribution in [-0.2, 0) is 17.9 Å². The molecule has 0 unspecified atom stereocenters. The fraction of sp³-hybridized carbons (Fsp3) is 0.444. The molecule has 1 fully saturated rings. The summed E-state index contributed by atoms with van der Waals surface area (Å²) in [6.45, 7) is 7.64. The van der Waals surface area contributed by atoms with Crippen LogP contribution in [0, 0.1) is 6.92 Å². The van der Waals surface area contributed by atoms with Gasteiger partial charge in [0, 0.05) is 44.6 Å². The van der Waals surface area contributed by atoms with E-state index >= 15 is 0 Å². The number of aromatic nitrogens is 1. The van der Waals surface area contributed by atoms with Gasteiger partial charge in [0.2, 0.25) is 5.91 Å². The van der Waals surface area contributed by atoms with Crippen molar-refractivity contribution in [1.29, 1.82) is 0 Å². The molecule has 1 aliphatic rings. The van der Waals surface area contributed by atoms with Gasteiger partial charge in [-0.25, -0.2) is 0 Å². The van der Waals surface area contributed by atoms with E-state index in [9.17, 15) is 4.79 Å². The third kappa shape index (κ3) is 4.66. The van der Waals surface area contributed by atoms with Gasteiger partial charge in [-0.3, -0.25) is 19.6 Å². The summed E-state index contributed by atoms with van der Waals surface area (Å²) in [7, 11) is 0. The number of amides is 1. The van der Waals surface area contributed by atoms with Gasteiger partial charge in [0.05, 0.1) is 19.4 Å². The first kappa shape index (κ1) is 16.7. The van der Waals surface area contributed by atoms with Crippen molar-refractivity contribution >= 4 is 5.91 Å². The molecule has 6 heteroatoms. The zero-order valence-corrected chi connectivity index (χ0v) is 14.1. The maximum atomic E-state index is 12.0. The molecule has 3 heterocycles. The predicted octanol–water partition coefficient (Wildman–Crippen LogP) is 1.42. The molecule has 3 rings (SSSR count). The Balaban J connectivity index is 1.39. The summed E-state index contributed by atoms with van der Waals surface area (Å²) in [4.78, 5) is 21.0. The van der Waals surface area contributed by atoms with Crippen LogP contribution in [0.1, 0.15) is 17.0 Å². The molecule has 2 aromatic heterocycles. The summed E-state index contributed by atoms with van der Waals surface area (Å²) in [5, 5.41) is 2.89. The smallest absolute Gasteiger partial charge is 0.234 e. The van der Waals surface area contributed by atoms with Crippen LogP contribution in [0.3, 0.4) is 0 Å². The second-order valence-corrected chi connectivity index (χ2v) is 6.16. The second-order valence-electron chi connectivity index (χ2n) is 6.16. The van der Waals surface area contributed by atoms with E-state index in [1.54, 1.807) is 6.26 Å². The summed E-state index contributed by atoms with van der Waals surface area (Å²) in [6, 6.07) is 7.81. The minimum atomic E-state index is 0.0444. The van der Waals surface area contributed by atoms with Crippen molar-refractivity contribution in [3.05, 3.63) is 53.7 Å². The molecular formula is C18H24N4O2. The van der Waals surface area contributed by atoms with Crippen molar-refractivity contribution in [2.45, 2.75) is 20.0 Å². The minimum absolute atomic E-state index is 0.0444. The van der Waals surface area contributed by atoms with Crippen molar-refractivity contribution in [2.24, 2.45) is 0 Å². The molecule has 1 N–H and O–H groups in total. The average molecular weight is 328 g/mol. The number of rotatable bonds is 6. The maximum absolute atomic E-state index is 12.0. The van der Waals surface area contributed by atoms with E-state index in [0.717, 1.165) is 44.2 Å². The number of piperazine rings is 1. The number of hydrogen-bond donors (Lipinski definition) is 1. The predicted molar refractivity (Wildman–Crippen MR) is 91.2 cm³/mol. The van der Waals surface area contributed by atoms with E-state index in [1.807, 2.05) is 24.4 Å². The molecule has 6 nitrogen and oxygen atoms in total. The lowest BCUT2D eigenvalue weighted by atomic mass is 10.2. The number of aryl methyl sites for hydroxylation is 1. The van der Waals surface area contributed by atoms with Gasteiger partial charge < -0.3 is 9.73 Å². The molecule has 0 bridgehead atoms. The fourth-order valence-corrected chi connectivity index (χ4v) is 2.89. The van der Waals surface area contributed by atoms with Crippen LogP contribution in [0.15, 0.2) is 41.1 Å². The monoisotopic (exact) mass is 328 g/mol. The Morgan fingerprint density at radius 2 is 2.00 bits per heavy atom. The normalized spacial score (nSPS) is 16.2. The third-order valence-corrected chi connectivity index (χ3v) is 4.38. The van der Waals surface area contributed by atoms with Gasteiger partial charge in [-0.1, -0.05) is 6.07 Å². The molecule has 0 atom stereocenters. The van der Waals surface area contributed by atoms with E-state index in [2.05, 4.69) is 33.1 Å². The summed E-state index contributed by atoms with van der Waals surface area (Å²) in [5.41, 5.74) is 2.37. The van der Waals surface area contributed by atoms with Crippen LogP contribution in [0.25, 0.3) is 0 Å². The summed E-state index contributed by atoms with van der Waals surface area (Å²) in [5.74, 6) is 0.822. The highest BCUT2D eigenvalue weighted by atomic mass is 16.3. The Bertz CT molecular complexity index is 649. The highest BCUT2D eigenvalue weighted by Crippen LogP contribution is 2.10. The SMILES string of the molecule is Cc1ncccc1CN1CCN(CC(=O)NCc2ccco2)CC1. The first-order valence-corrected chi connectivity index (χ1v) is 8.35. The van der Waals surface area contributed by atoms with Crippen molar-refractivity contribution in [1.82, 2.24) is 20.1 Å². The number of nitrogens with zero attached hydrogens (tertiary/aromatic N) is 3. The number of furan rings is 1. The van der Waals surface area contributed by atoms with Gasteiger partial charge >= 0.3 is 0 Å². The summed E-state index contributed by atoms with van der Waals surface area (Å²) in [6.07, 6.45) is 3.45. The lowest BCUT2D eigenvalue weighted by Crippen LogP contribution is -2.49. The van der Waals surface area contributed by atoms with Crippen LogP contribution in [0.5, 0.6) is 0 Å². The van der Waals surface area contributed by atoms with Gasteiger partial charge in [0.1, 0.15) is 5.76 Å².